The first-order chi connectivity index (χ1) is 6.72. The standard InChI is InChI=1S/C8H5N3O3/c12-4-8-6-3-5(11(13)14)1-2-7(6)9-10-8/h1-4H,(H,9,10). The topological polar surface area (TPSA) is 88.9 Å². The maximum Gasteiger partial charge on any atom is 0.270 e. The average Bonchev–Trinajstić information content (AvgIpc) is 2.59. The molecule has 0 saturated carbocycles. The van der Waals surface area contributed by atoms with Gasteiger partial charge in [-0.25, -0.2) is 0 Å². The van der Waals surface area contributed by atoms with E-state index in [0.717, 1.165) is 0 Å². The number of aromatic amines is 1. The number of aldehydes is 1. The normalized spacial score (nSPS) is 10.3. The minimum atomic E-state index is -0.513. The fraction of sp³-hybridized carbons (Fsp3) is 0. The summed E-state index contributed by atoms with van der Waals surface area (Å²) in [5, 5.41) is 17.2. The number of benzene rings is 1. The lowest BCUT2D eigenvalue weighted by atomic mass is 10.2. The molecular formula is C8H5N3O3. The van der Waals surface area contributed by atoms with Gasteiger partial charge >= 0.3 is 0 Å². The van der Waals surface area contributed by atoms with Crippen LogP contribution in [-0.2, 0) is 0 Å². The van der Waals surface area contributed by atoms with Gasteiger partial charge in [-0.15, -0.1) is 0 Å². The smallest absolute Gasteiger partial charge is 0.270 e. The van der Waals surface area contributed by atoms with E-state index in [0.29, 0.717) is 17.2 Å². The molecule has 1 aromatic carbocycles. The zero-order valence-corrected chi connectivity index (χ0v) is 6.93. The summed E-state index contributed by atoms with van der Waals surface area (Å²) in [4.78, 5) is 20.5. The summed E-state index contributed by atoms with van der Waals surface area (Å²) in [6.45, 7) is 0. The van der Waals surface area contributed by atoms with Crippen molar-refractivity contribution in [1.82, 2.24) is 10.2 Å². The molecule has 0 aliphatic rings. The average molecular weight is 191 g/mol. The zero-order valence-electron chi connectivity index (χ0n) is 6.93. The Labute approximate surface area is 77.7 Å². The summed E-state index contributed by atoms with van der Waals surface area (Å²) in [6, 6.07) is 4.20. The van der Waals surface area contributed by atoms with E-state index >= 15 is 0 Å². The van der Waals surface area contributed by atoms with Crippen LogP contribution in [0.15, 0.2) is 18.2 Å². The first-order valence-electron chi connectivity index (χ1n) is 3.80. The van der Waals surface area contributed by atoms with Crippen LogP contribution in [0.1, 0.15) is 10.5 Å². The number of nitrogens with one attached hydrogen (secondary N) is 1. The molecule has 0 fully saturated rings. The number of nitrogens with zero attached hydrogens (tertiary/aromatic N) is 2. The van der Waals surface area contributed by atoms with E-state index in [1.165, 1.54) is 18.2 Å². The van der Waals surface area contributed by atoms with Crippen LogP contribution in [0, 0.1) is 10.1 Å². The first kappa shape index (κ1) is 8.36. The van der Waals surface area contributed by atoms with Crippen LogP contribution in [0.25, 0.3) is 10.9 Å². The Morgan fingerprint density at radius 3 is 2.93 bits per heavy atom. The molecule has 14 heavy (non-hydrogen) atoms. The highest BCUT2D eigenvalue weighted by molar-refractivity contribution is 5.95. The van der Waals surface area contributed by atoms with Gasteiger partial charge in [0.15, 0.2) is 6.29 Å². The second-order valence-corrected chi connectivity index (χ2v) is 2.71. The van der Waals surface area contributed by atoms with E-state index < -0.39 is 4.92 Å². The van der Waals surface area contributed by atoms with E-state index in [4.69, 9.17) is 0 Å². The molecule has 0 radical (unpaired) electrons. The third-order valence-corrected chi connectivity index (χ3v) is 1.90. The molecule has 2 rings (SSSR count). The molecular weight excluding hydrogens is 186 g/mol. The number of hydrogen-bond acceptors (Lipinski definition) is 4. The maximum absolute atomic E-state index is 10.5. The van der Waals surface area contributed by atoms with Crippen molar-refractivity contribution in [2.75, 3.05) is 0 Å². The number of fused-ring (bicyclic) bond motifs is 1. The molecule has 0 saturated heterocycles. The Kier molecular flexibility index (Phi) is 1.74. The molecule has 0 aliphatic carbocycles. The van der Waals surface area contributed by atoms with E-state index in [-0.39, 0.29) is 11.4 Å². The third kappa shape index (κ3) is 1.13. The lowest BCUT2D eigenvalue weighted by molar-refractivity contribution is -0.384. The first-order valence-corrected chi connectivity index (χ1v) is 3.80. The van der Waals surface area contributed by atoms with Gasteiger partial charge < -0.3 is 0 Å². The van der Waals surface area contributed by atoms with Crippen molar-refractivity contribution in [3.8, 4) is 0 Å². The van der Waals surface area contributed by atoms with Crippen molar-refractivity contribution in [3.05, 3.63) is 34.0 Å². The number of rotatable bonds is 2. The van der Waals surface area contributed by atoms with E-state index in [1.54, 1.807) is 0 Å². The van der Waals surface area contributed by atoms with Gasteiger partial charge in [-0.1, -0.05) is 0 Å². The SMILES string of the molecule is O=Cc1n[nH]c2ccc([N+](=O)[O-])cc12. The molecule has 6 nitrogen and oxygen atoms in total. The van der Waals surface area contributed by atoms with E-state index in [9.17, 15) is 14.9 Å². The Hall–Kier alpha value is -2.24. The van der Waals surface area contributed by atoms with Crippen molar-refractivity contribution in [2.45, 2.75) is 0 Å². The fourth-order valence-corrected chi connectivity index (χ4v) is 1.23. The molecule has 70 valence electrons. The number of H-pyrrole nitrogens is 1. The van der Waals surface area contributed by atoms with E-state index in [1.807, 2.05) is 0 Å². The summed E-state index contributed by atoms with van der Waals surface area (Å²) in [6.07, 6.45) is 0.558. The Morgan fingerprint density at radius 2 is 2.29 bits per heavy atom. The monoisotopic (exact) mass is 191 g/mol. The summed E-state index contributed by atoms with van der Waals surface area (Å²) in [5.74, 6) is 0. The van der Waals surface area contributed by atoms with Gasteiger partial charge in [0.1, 0.15) is 5.69 Å². The minimum absolute atomic E-state index is 0.0537. The number of nitro groups is 1. The summed E-state index contributed by atoms with van der Waals surface area (Å²) >= 11 is 0. The van der Waals surface area contributed by atoms with Gasteiger partial charge in [-0.3, -0.25) is 20.0 Å². The Balaban J connectivity index is 2.73. The zero-order chi connectivity index (χ0) is 10.1. The van der Waals surface area contributed by atoms with Crippen LogP contribution in [-0.4, -0.2) is 21.4 Å². The molecule has 0 spiro atoms. The molecule has 0 unspecified atom stereocenters. The van der Waals surface area contributed by atoms with Crippen LogP contribution in [0.2, 0.25) is 0 Å². The lowest BCUT2D eigenvalue weighted by Gasteiger charge is -1.90. The minimum Gasteiger partial charge on any atom is -0.296 e. The number of hydrogen-bond donors (Lipinski definition) is 1. The molecule has 0 bridgehead atoms. The number of non-ortho nitro benzene ring substituents is 1. The second kappa shape index (κ2) is 2.91. The summed E-state index contributed by atoms with van der Waals surface area (Å²) in [5.41, 5.74) is 0.739. The number of carbonyl (C=O) groups excluding carboxylic acids is 1. The number of aromatic nitrogens is 2. The van der Waals surface area contributed by atoms with Gasteiger partial charge in [0, 0.05) is 17.5 Å². The number of nitro benzene ring substituents is 1. The fourth-order valence-electron chi connectivity index (χ4n) is 1.23. The van der Waals surface area contributed by atoms with Crippen molar-refractivity contribution in [1.29, 1.82) is 0 Å². The van der Waals surface area contributed by atoms with Gasteiger partial charge in [0.25, 0.3) is 5.69 Å². The highest BCUT2D eigenvalue weighted by Gasteiger charge is 2.10. The van der Waals surface area contributed by atoms with Gasteiger partial charge in [0.2, 0.25) is 0 Å². The van der Waals surface area contributed by atoms with Crippen LogP contribution in [0.3, 0.4) is 0 Å². The lowest BCUT2D eigenvalue weighted by Crippen LogP contribution is -1.87. The molecule has 0 atom stereocenters. The van der Waals surface area contributed by atoms with Crippen LogP contribution >= 0.6 is 0 Å². The molecule has 1 aromatic heterocycles. The highest BCUT2D eigenvalue weighted by atomic mass is 16.6. The molecule has 2 aromatic rings. The summed E-state index contributed by atoms with van der Waals surface area (Å²) in [7, 11) is 0. The molecule has 0 amide bonds. The largest absolute Gasteiger partial charge is 0.296 e. The van der Waals surface area contributed by atoms with Gasteiger partial charge in [-0.05, 0) is 6.07 Å². The van der Waals surface area contributed by atoms with Crippen molar-refractivity contribution < 1.29 is 9.72 Å². The molecule has 0 aliphatic heterocycles. The predicted octanol–water partition coefficient (Wildman–Crippen LogP) is 1.28. The van der Waals surface area contributed by atoms with Gasteiger partial charge in [0.05, 0.1) is 10.4 Å². The quantitative estimate of drug-likeness (QED) is 0.440. The Morgan fingerprint density at radius 1 is 1.50 bits per heavy atom. The Bertz CT molecular complexity index is 518. The van der Waals surface area contributed by atoms with Crippen LogP contribution in [0.5, 0.6) is 0 Å². The predicted molar refractivity (Wildman–Crippen MR) is 48.1 cm³/mol. The van der Waals surface area contributed by atoms with Crippen LogP contribution < -0.4 is 0 Å². The van der Waals surface area contributed by atoms with Gasteiger partial charge in [-0.2, -0.15) is 5.10 Å². The number of carbonyl (C=O) groups is 1. The van der Waals surface area contributed by atoms with Crippen molar-refractivity contribution in [2.24, 2.45) is 0 Å². The molecule has 6 heteroatoms. The van der Waals surface area contributed by atoms with Crippen molar-refractivity contribution in [3.63, 3.8) is 0 Å². The summed E-state index contributed by atoms with van der Waals surface area (Å²) < 4.78 is 0. The van der Waals surface area contributed by atoms with Crippen LogP contribution in [0.4, 0.5) is 5.69 Å². The van der Waals surface area contributed by atoms with Crippen molar-refractivity contribution >= 4 is 22.9 Å². The molecule has 1 N–H and O–H groups in total. The third-order valence-electron chi connectivity index (χ3n) is 1.90. The molecule has 1 heterocycles. The highest BCUT2D eigenvalue weighted by Crippen LogP contribution is 2.20. The maximum atomic E-state index is 10.5. The second-order valence-electron chi connectivity index (χ2n) is 2.71. The van der Waals surface area contributed by atoms with E-state index in [2.05, 4.69) is 10.2 Å².